The molecule has 3 aromatic carbocycles. The van der Waals surface area contributed by atoms with Crippen molar-refractivity contribution in [1.29, 1.82) is 0 Å². The van der Waals surface area contributed by atoms with Gasteiger partial charge in [-0.15, -0.1) is 0 Å². The van der Waals surface area contributed by atoms with Crippen molar-refractivity contribution in [2.45, 2.75) is 23.1 Å². The van der Waals surface area contributed by atoms with E-state index in [0.29, 0.717) is 28.9 Å². The van der Waals surface area contributed by atoms with Gasteiger partial charge in [-0.1, -0.05) is 90.6 Å². The number of furan rings is 1. The maximum Gasteiger partial charge on any atom is 0.267 e. The monoisotopic (exact) mass is 482 g/mol. The van der Waals surface area contributed by atoms with Crippen molar-refractivity contribution in [2.75, 3.05) is 0 Å². The molecule has 168 valence electrons. The molecule has 0 bridgehead atoms. The minimum absolute atomic E-state index is 0.0608. The highest BCUT2D eigenvalue weighted by Gasteiger charge is 2.33. The molecule has 0 spiro atoms. The normalized spacial score (nSPS) is 16.0. The van der Waals surface area contributed by atoms with Crippen molar-refractivity contribution in [2.24, 2.45) is 4.99 Å². The van der Waals surface area contributed by atoms with Crippen LogP contribution >= 0.6 is 23.5 Å². The number of carbonyl (C=O) groups is 1. The number of amidine groups is 1. The summed E-state index contributed by atoms with van der Waals surface area (Å²) in [6.07, 6.45) is 1.81. The molecule has 0 unspecified atom stereocenters. The Kier molecular flexibility index (Phi) is 6.98. The summed E-state index contributed by atoms with van der Waals surface area (Å²) < 4.78 is 5.98. The lowest BCUT2D eigenvalue weighted by molar-refractivity contribution is -0.122. The van der Waals surface area contributed by atoms with Gasteiger partial charge in [-0.05, 0) is 47.2 Å². The summed E-state index contributed by atoms with van der Waals surface area (Å²) in [6.45, 7) is 0.999. The number of benzene rings is 3. The fourth-order valence-corrected chi connectivity index (χ4v) is 5.23. The Morgan fingerprint density at radius 2 is 1.47 bits per heavy atom. The van der Waals surface area contributed by atoms with Crippen LogP contribution in [-0.4, -0.2) is 16.0 Å². The van der Waals surface area contributed by atoms with Gasteiger partial charge >= 0.3 is 0 Å². The van der Waals surface area contributed by atoms with Gasteiger partial charge in [0.15, 0.2) is 10.3 Å². The predicted molar refractivity (Wildman–Crippen MR) is 139 cm³/mol. The van der Waals surface area contributed by atoms with Crippen LogP contribution in [0.25, 0.3) is 6.08 Å². The summed E-state index contributed by atoms with van der Waals surface area (Å²) in [5.74, 6) is 0.590. The Labute approximate surface area is 207 Å². The molecular formula is C28H22N2O2S2. The van der Waals surface area contributed by atoms with E-state index in [-0.39, 0.29) is 5.91 Å². The van der Waals surface area contributed by atoms with Crippen LogP contribution in [0.4, 0.5) is 0 Å². The number of aliphatic imine (C=N–C) groups is 1. The zero-order valence-corrected chi connectivity index (χ0v) is 20.0. The van der Waals surface area contributed by atoms with E-state index in [9.17, 15) is 4.79 Å². The van der Waals surface area contributed by atoms with E-state index in [1.54, 1.807) is 16.7 Å². The molecule has 4 nitrogen and oxygen atoms in total. The molecule has 0 radical (unpaired) electrons. The maximum absolute atomic E-state index is 13.3. The van der Waals surface area contributed by atoms with Crippen molar-refractivity contribution in [1.82, 2.24) is 4.90 Å². The lowest BCUT2D eigenvalue weighted by Crippen LogP contribution is -2.28. The highest BCUT2D eigenvalue weighted by molar-refractivity contribution is 8.18. The fourth-order valence-electron chi connectivity index (χ4n) is 3.47. The van der Waals surface area contributed by atoms with Gasteiger partial charge in [-0.2, -0.15) is 0 Å². The van der Waals surface area contributed by atoms with Crippen LogP contribution < -0.4 is 0 Å². The molecule has 0 saturated carbocycles. The van der Waals surface area contributed by atoms with Crippen LogP contribution in [0, 0.1) is 0 Å². The number of nitrogens with zero attached hydrogens (tertiary/aromatic N) is 2. The summed E-state index contributed by atoms with van der Waals surface area (Å²) in [7, 11) is 0. The molecule has 1 aliphatic heterocycles. The third-order valence-electron chi connectivity index (χ3n) is 5.15. The van der Waals surface area contributed by atoms with Crippen LogP contribution in [0.2, 0.25) is 0 Å². The molecule has 1 aliphatic rings. The Morgan fingerprint density at radius 3 is 2.18 bits per heavy atom. The van der Waals surface area contributed by atoms with E-state index in [4.69, 9.17) is 9.41 Å². The van der Waals surface area contributed by atoms with E-state index in [2.05, 4.69) is 0 Å². The third-order valence-corrected chi connectivity index (χ3v) is 7.12. The molecular weight excluding hydrogens is 460 g/mol. The molecule has 1 saturated heterocycles. The van der Waals surface area contributed by atoms with Crippen LogP contribution in [0.3, 0.4) is 0 Å². The van der Waals surface area contributed by atoms with Crippen molar-refractivity contribution in [3.05, 3.63) is 125 Å². The standard InChI is InChI=1S/C28H22N2O2S2/c31-27-25(18-23-16-17-26(32-23)33-24-14-8-3-9-15-24)34-28(29-19-21-10-4-1-5-11-21)30(27)20-22-12-6-2-7-13-22/h1-18H,19-20H2/b25-18-,29-28?. The molecule has 0 N–H and O–H groups in total. The van der Waals surface area contributed by atoms with Gasteiger partial charge in [-0.25, -0.2) is 0 Å². The molecule has 34 heavy (non-hydrogen) atoms. The summed E-state index contributed by atoms with van der Waals surface area (Å²) in [6, 6.07) is 33.9. The SMILES string of the molecule is O=C1/C(=C/c2ccc(Sc3ccccc3)o2)SC(=NCc2ccccc2)N1Cc1ccccc1. The molecule has 0 aliphatic carbocycles. The van der Waals surface area contributed by atoms with Gasteiger partial charge in [0.25, 0.3) is 5.91 Å². The number of amides is 1. The zero-order chi connectivity index (χ0) is 23.2. The molecule has 0 atom stereocenters. The first-order valence-corrected chi connectivity index (χ1v) is 12.5. The first-order valence-electron chi connectivity index (χ1n) is 10.9. The molecule has 5 rings (SSSR count). The summed E-state index contributed by atoms with van der Waals surface area (Å²) in [5, 5.41) is 1.49. The zero-order valence-electron chi connectivity index (χ0n) is 18.3. The Morgan fingerprint density at radius 1 is 0.824 bits per heavy atom. The van der Waals surface area contributed by atoms with Crippen molar-refractivity contribution >= 4 is 40.7 Å². The summed E-state index contributed by atoms with van der Waals surface area (Å²) in [5.41, 5.74) is 2.17. The van der Waals surface area contributed by atoms with Gasteiger partial charge in [0.2, 0.25) is 0 Å². The fraction of sp³-hybridized carbons (Fsp3) is 0.0714. The van der Waals surface area contributed by atoms with Crippen LogP contribution in [0.1, 0.15) is 16.9 Å². The second-order valence-electron chi connectivity index (χ2n) is 7.64. The lowest BCUT2D eigenvalue weighted by Gasteiger charge is -2.15. The molecule has 4 aromatic rings. The second-order valence-corrected chi connectivity index (χ2v) is 9.73. The first-order chi connectivity index (χ1) is 16.7. The van der Waals surface area contributed by atoms with Gasteiger partial charge in [-0.3, -0.25) is 14.7 Å². The van der Waals surface area contributed by atoms with Gasteiger partial charge in [0.05, 0.1) is 18.0 Å². The van der Waals surface area contributed by atoms with Crippen molar-refractivity contribution in [3.8, 4) is 0 Å². The minimum Gasteiger partial charge on any atom is -0.450 e. The predicted octanol–water partition coefficient (Wildman–Crippen LogP) is 7.10. The average molecular weight is 483 g/mol. The summed E-state index contributed by atoms with van der Waals surface area (Å²) >= 11 is 2.95. The van der Waals surface area contributed by atoms with Crippen LogP contribution in [-0.2, 0) is 17.9 Å². The van der Waals surface area contributed by atoms with Gasteiger partial charge in [0.1, 0.15) is 5.76 Å². The van der Waals surface area contributed by atoms with E-state index >= 15 is 0 Å². The van der Waals surface area contributed by atoms with E-state index in [0.717, 1.165) is 21.1 Å². The minimum atomic E-state index is -0.0608. The Hall–Kier alpha value is -3.48. The Bertz CT molecular complexity index is 1320. The Balaban J connectivity index is 1.38. The van der Waals surface area contributed by atoms with Crippen molar-refractivity contribution in [3.63, 3.8) is 0 Å². The van der Waals surface area contributed by atoms with Gasteiger partial charge in [0, 0.05) is 11.0 Å². The smallest absolute Gasteiger partial charge is 0.267 e. The quantitative estimate of drug-likeness (QED) is 0.264. The number of hydrogen-bond acceptors (Lipinski definition) is 5. The van der Waals surface area contributed by atoms with Gasteiger partial charge < -0.3 is 4.42 Å². The average Bonchev–Trinajstić information content (AvgIpc) is 3.44. The van der Waals surface area contributed by atoms with E-state index in [1.165, 1.54) is 11.8 Å². The highest BCUT2D eigenvalue weighted by atomic mass is 32.2. The van der Waals surface area contributed by atoms with Crippen molar-refractivity contribution < 1.29 is 9.21 Å². The third kappa shape index (κ3) is 5.53. The largest absolute Gasteiger partial charge is 0.450 e. The van der Waals surface area contributed by atoms with E-state index in [1.807, 2.05) is 109 Å². The number of hydrogen-bond donors (Lipinski definition) is 0. The topological polar surface area (TPSA) is 45.8 Å². The first kappa shape index (κ1) is 22.3. The molecule has 2 heterocycles. The van der Waals surface area contributed by atoms with Crippen LogP contribution in [0.5, 0.6) is 0 Å². The maximum atomic E-state index is 13.3. The number of rotatable bonds is 7. The molecule has 6 heteroatoms. The number of carbonyl (C=O) groups excluding carboxylic acids is 1. The summed E-state index contributed by atoms with van der Waals surface area (Å²) in [4.78, 5) is 21.6. The molecule has 1 amide bonds. The van der Waals surface area contributed by atoms with E-state index < -0.39 is 0 Å². The molecule has 1 fully saturated rings. The van der Waals surface area contributed by atoms with Crippen LogP contribution in [0.15, 0.2) is 127 Å². The number of thioether (sulfide) groups is 1. The molecule has 1 aromatic heterocycles. The lowest BCUT2D eigenvalue weighted by atomic mass is 10.2. The highest BCUT2D eigenvalue weighted by Crippen LogP contribution is 2.35. The second kappa shape index (κ2) is 10.6.